The molecule has 13 heavy (non-hydrogen) atoms. The summed E-state index contributed by atoms with van der Waals surface area (Å²) in [4.78, 5) is 0. The van der Waals surface area contributed by atoms with Gasteiger partial charge in [-0.15, -0.1) is 0 Å². The average molecular weight is 210 g/mol. The molecule has 1 aliphatic rings. The van der Waals surface area contributed by atoms with Crippen molar-refractivity contribution in [2.45, 2.75) is 52.4 Å². The minimum atomic E-state index is 0. The molecule has 1 nitrogen and oxygen atoms in total. The zero-order valence-corrected chi connectivity index (χ0v) is 12.9. The Bertz CT molecular complexity index is 88.1. The molecule has 0 radical (unpaired) electrons. The van der Waals surface area contributed by atoms with E-state index in [0.717, 1.165) is 18.9 Å². The Morgan fingerprint density at radius 2 is 1.62 bits per heavy atom. The maximum atomic E-state index is 8.25. The Morgan fingerprint density at radius 3 is 2.00 bits per heavy atom. The molecule has 2 heteroatoms. The second-order valence-corrected chi connectivity index (χ2v) is 4.12. The SMILES string of the molecule is CC(C)CCC1CCCC1.C[O-].[K+]. The first-order chi connectivity index (χ1) is 5.79. The predicted molar refractivity (Wildman–Crippen MR) is 52.0 cm³/mol. The van der Waals surface area contributed by atoms with E-state index in [2.05, 4.69) is 13.8 Å². The van der Waals surface area contributed by atoms with Crippen LogP contribution in [0.4, 0.5) is 0 Å². The summed E-state index contributed by atoms with van der Waals surface area (Å²) in [6, 6.07) is 0. The Kier molecular flexibility index (Phi) is 15.3. The van der Waals surface area contributed by atoms with Gasteiger partial charge in [-0.2, -0.15) is 7.11 Å². The molecule has 0 unspecified atom stereocenters. The molecular formula is C11H23KO. The molecule has 1 fully saturated rings. The zero-order valence-electron chi connectivity index (χ0n) is 9.81. The molecule has 0 aromatic carbocycles. The summed E-state index contributed by atoms with van der Waals surface area (Å²) in [6.07, 6.45) is 8.99. The van der Waals surface area contributed by atoms with E-state index in [-0.39, 0.29) is 51.4 Å². The minimum Gasteiger partial charge on any atom is -0.857 e. The molecule has 0 aliphatic heterocycles. The fourth-order valence-corrected chi connectivity index (χ4v) is 1.87. The van der Waals surface area contributed by atoms with Crippen molar-refractivity contribution in [3.8, 4) is 0 Å². The second kappa shape index (κ2) is 11.7. The van der Waals surface area contributed by atoms with Crippen molar-refractivity contribution in [3.05, 3.63) is 0 Å². The van der Waals surface area contributed by atoms with Crippen molar-refractivity contribution in [1.29, 1.82) is 0 Å². The molecule has 0 amide bonds. The molecule has 0 aromatic heterocycles. The van der Waals surface area contributed by atoms with Gasteiger partial charge in [-0.05, 0) is 11.8 Å². The maximum absolute atomic E-state index is 8.25. The molecule has 0 heterocycles. The van der Waals surface area contributed by atoms with Crippen LogP contribution in [0.1, 0.15) is 52.4 Å². The monoisotopic (exact) mass is 210 g/mol. The van der Waals surface area contributed by atoms with Crippen LogP contribution in [0.2, 0.25) is 0 Å². The molecule has 0 bridgehead atoms. The van der Waals surface area contributed by atoms with Gasteiger partial charge in [0.05, 0.1) is 0 Å². The van der Waals surface area contributed by atoms with Crippen molar-refractivity contribution in [2.75, 3.05) is 7.11 Å². The van der Waals surface area contributed by atoms with Crippen LogP contribution >= 0.6 is 0 Å². The third kappa shape index (κ3) is 9.89. The fourth-order valence-electron chi connectivity index (χ4n) is 1.87. The standard InChI is InChI=1S/C10H20.CH3O.K/c1-9(2)7-8-10-5-3-4-6-10;1-2;/h9-10H,3-8H2,1-2H3;1H3;/q;-1;+1. The summed E-state index contributed by atoms with van der Waals surface area (Å²) in [5.41, 5.74) is 0. The van der Waals surface area contributed by atoms with Gasteiger partial charge in [0.25, 0.3) is 0 Å². The van der Waals surface area contributed by atoms with Crippen molar-refractivity contribution < 1.29 is 56.5 Å². The smallest absolute Gasteiger partial charge is 0.857 e. The van der Waals surface area contributed by atoms with Gasteiger partial charge in [-0.25, -0.2) is 0 Å². The third-order valence-electron chi connectivity index (χ3n) is 2.63. The molecule has 0 saturated heterocycles. The van der Waals surface area contributed by atoms with Gasteiger partial charge >= 0.3 is 51.4 Å². The number of hydrogen-bond donors (Lipinski definition) is 0. The predicted octanol–water partition coefficient (Wildman–Crippen LogP) is -0.407. The average Bonchev–Trinajstić information content (AvgIpc) is 2.56. The Morgan fingerprint density at radius 1 is 1.15 bits per heavy atom. The van der Waals surface area contributed by atoms with Crippen molar-refractivity contribution in [1.82, 2.24) is 0 Å². The van der Waals surface area contributed by atoms with E-state index >= 15 is 0 Å². The van der Waals surface area contributed by atoms with Crippen LogP contribution in [0.15, 0.2) is 0 Å². The van der Waals surface area contributed by atoms with Crippen LogP contribution in [0.3, 0.4) is 0 Å². The quantitative estimate of drug-likeness (QED) is 0.581. The van der Waals surface area contributed by atoms with E-state index in [0.29, 0.717) is 0 Å². The largest absolute Gasteiger partial charge is 1.00 e. The fraction of sp³-hybridized carbons (Fsp3) is 1.00. The summed E-state index contributed by atoms with van der Waals surface area (Å²) in [5.74, 6) is 2.02. The first-order valence-corrected chi connectivity index (χ1v) is 5.20. The van der Waals surface area contributed by atoms with Crippen LogP contribution in [0.5, 0.6) is 0 Å². The first kappa shape index (κ1) is 17.0. The van der Waals surface area contributed by atoms with E-state index < -0.39 is 0 Å². The molecule has 0 aromatic rings. The normalized spacial score (nSPS) is 16.4. The van der Waals surface area contributed by atoms with Gasteiger partial charge in [-0.1, -0.05) is 52.4 Å². The summed E-state index contributed by atoms with van der Waals surface area (Å²) in [7, 11) is 0.750. The molecule has 1 aliphatic carbocycles. The third-order valence-corrected chi connectivity index (χ3v) is 2.63. The molecule has 0 N–H and O–H groups in total. The first-order valence-electron chi connectivity index (χ1n) is 5.20. The second-order valence-electron chi connectivity index (χ2n) is 4.12. The van der Waals surface area contributed by atoms with Gasteiger partial charge in [0.1, 0.15) is 0 Å². The minimum absolute atomic E-state index is 0. The Labute approximate surface area is 126 Å². The Balaban J connectivity index is 0. The zero-order chi connectivity index (χ0) is 9.40. The van der Waals surface area contributed by atoms with Gasteiger partial charge in [0.2, 0.25) is 0 Å². The topological polar surface area (TPSA) is 23.1 Å². The van der Waals surface area contributed by atoms with Crippen LogP contribution < -0.4 is 56.5 Å². The van der Waals surface area contributed by atoms with Crippen molar-refractivity contribution in [3.63, 3.8) is 0 Å². The van der Waals surface area contributed by atoms with Crippen molar-refractivity contribution >= 4 is 0 Å². The van der Waals surface area contributed by atoms with E-state index in [1.807, 2.05) is 0 Å². The molecule has 1 saturated carbocycles. The summed E-state index contributed by atoms with van der Waals surface area (Å²) in [5, 5.41) is 8.25. The van der Waals surface area contributed by atoms with Crippen LogP contribution in [-0.4, -0.2) is 7.11 Å². The summed E-state index contributed by atoms with van der Waals surface area (Å²) < 4.78 is 0. The van der Waals surface area contributed by atoms with Crippen molar-refractivity contribution in [2.24, 2.45) is 11.8 Å². The summed E-state index contributed by atoms with van der Waals surface area (Å²) in [6.45, 7) is 4.66. The Hall–Kier alpha value is 1.60. The van der Waals surface area contributed by atoms with Gasteiger partial charge in [0, 0.05) is 0 Å². The van der Waals surface area contributed by atoms with E-state index in [9.17, 15) is 0 Å². The van der Waals surface area contributed by atoms with Gasteiger partial charge in [-0.3, -0.25) is 0 Å². The van der Waals surface area contributed by atoms with Crippen LogP contribution in [0, 0.1) is 11.8 Å². The molecule has 0 atom stereocenters. The number of rotatable bonds is 3. The van der Waals surface area contributed by atoms with Gasteiger partial charge in [0.15, 0.2) is 0 Å². The summed E-state index contributed by atoms with van der Waals surface area (Å²) >= 11 is 0. The number of hydrogen-bond acceptors (Lipinski definition) is 1. The molecule has 74 valence electrons. The van der Waals surface area contributed by atoms with Crippen LogP contribution in [-0.2, 0) is 0 Å². The van der Waals surface area contributed by atoms with E-state index in [4.69, 9.17) is 5.11 Å². The van der Waals surface area contributed by atoms with E-state index in [1.54, 1.807) is 0 Å². The molecule has 1 rings (SSSR count). The van der Waals surface area contributed by atoms with E-state index in [1.165, 1.54) is 38.5 Å². The maximum Gasteiger partial charge on any atom is 1.00 e. The molecular weight excluding hydrogens is 187 g/mol. The molecule has 0 spiro atoms. The van der Waals surface area contributed by atoms with Gasteiger partial charge < -0.3 is 5.11 Å². The van der Waals surface area contributed by atoms with Crippen LogP contribution in [0.25, 0.3) is 0 Å².